The van der Waals surface area contributed by atoms with E-state index in [0.717, 1.165) is 47.9 Å². The van der Waals surface area contributed by atoms with Crippen molar-refractivity contribution in [2.45, 2.75) is 83.4 Å². The summed E-state index contributed by atoms with van der Waals surface area (Å²) in [7, 11) is 2.16. The molecule has 2 saturated heterocycles. The summed E-state index contributed by atoms with van der Waals surface area (Å²) in [5.41, 5.74) is 4.03. The van der Waals surface area contributed by atoms with Crippen LogP contribution >= 0.6 is 0 Å². The van der Waals surface area contributed by atoms with Crippen molar-refractivity contribution in [1.29, 1.82) is 0 Å². The van der Waals surface area contributed by atoms with Crippen molar-refractivity contribution >= 4 is 6.09 Å². The first-order valence-corrected chi connectivity index (χ1v) is 12.7. The van der Waals surface area contributed by atoms with E-state index < -0.39 is 5.60 Å². The highest BCUT2D eigenvalue weighted by molar-refractivity contribution is 5.74. The van der Waals surface area contributed by atoms with Crippen LogP contribution in [0.3, 0.4) is 0 Å². The molecule has 4 heterocycles. The predicted octanol–water partition coefficient (Wildman–Crippen LogP) is 4.87. The summed E-state index contributed by atoms with van der Waals surface area (Å²) in [6.07, 6.45) is 3.32. The number of nitrogens with one attached hydrogen (secondary N) is 1. The fourth-order valence-corrected chi connectivity index (χ4v) is 6.35. The maximum absolute atomic E-state index is 12.5. The maximum Gasteiger partial charge on any atom is 0.409 e. The average molecular weight is 467 g/mol. The summed E-state index contributed by atoms with van der Waals surface area (Å²) in [4.78, 5) is 19.7. The molecule has 1 N–H and O–H groups in total. The van der Waals surface area contributed by atoms with Gasteiger partial charge >= 0.3 is 6.09 Å². The third-order valence-corrected chi connectivity index (χ3v) is 7.89. The van der Waals surface area contributed by atoms with Crippen molar-refractivity contribution in [3.8, 4) is 17.0 Å². The lowest BCUT2D eigenvalue weighted by molar-refractivity contribution is -0.0313. The lowest BCUT2D eigenvalue weighted by Gasteiger charge is -2.47. The molecule has 2 fully saturated rings. The first-order valence-electron chi connectivity index (χ1n) is 12.7. The molecule has 3 aliphatic rings. The van der Waals surface area contributed by atoms with Gasteiger partial charge in [-0.1, -0.05) is 6.07 Å². The number of amides is 1. The number of nitrogens with zero attached hydrogens (tertiary/aromatic N) is 3. The number of ether oxygens (including phenoxy) is 2. The molecule has 2 aromatic rings. The van der Waals surface area contributed by atoms with E-state index in [1.54, 1.807) is 0 Å². The molecule has 3 aliphatic heterocycles. The normalized spacial score (nSPS) is 27.6. The SMILES string of the molecule is CCOC(=O)N1CC[C@]2(C[C@@H]1C)Oc1cc(C)ccc1-c1nc(C3CCNC(C)(C)C3)n(C)c12. The molecule has 34 heavy (non-hydrogen) atoms. The summed E-state index contributed by atoms with van der Waals surface area (Å²) in [6, 6.07) is 6.42. The van der Waals surface area contributed by atoms with Crippen LogP contribution in [0.1, 0.15) is 76.4 Å². The highest BCUT2D eigenvalue weighted by Gasteiger charge is 2.50. The summed E-state index contributed by atoms with van der Waals surface area (Å²) < 4.78 is 14.5. The summed E-state index contributed by atoms with van der Waals surface area (Å²) in [5, 5.41) is 3.64. The van der Waals surface area contributed by atoms with E-state index in [4.69, 9.17) is 14.5 Å². The van der Waals surface area contributed by atoms with E-state index in [1.165, 1.54) is 5.56 Å². The highest BCUT2D eigenvalue weighted by atomic mass is 16.6. The molecule has 3 atom stereocenters. The topological polar surface area (TPSA) is 68.6 Å². The van der Waals surface area contributed by atoms with Gasteiger partial charge in [0.2, 0.25) is 0 Å². The van der Waals surface area contributed by atoms with E-state index in [1.807, 2.05) is 11.8 Å². The van der Waals surface area contributed by atoms with E-state index in [-0.39, 0.29) is 17.7 Å². The van der Waals surface area contributed by atoms with Crippen molar-refractivity contribution in [2.75, 3.05) is 19.7 Å². The minimum atomic E-state index is -0.513. The number of likely N-dealkylation sites (tertiary alicyclic amines) is 1. The van der Waals surface area contributed by atoms with Gasteiger partial charge in [-0.05, 0) is 71.7 Å². The van der Waals surface area contributed by atoms with E-state index in [9.17, 15) is 4.79 Å². The van der Waals surface area contributed by atoms with Crippen molar-refractivity contribution in [3.05, 3.63) is 35.3 Å². The van der Waals surface area contributed by atoms with Gasteiger partial charge in [0.15, 0.2) is 5.60 Å². The second-order valence-corrected chi connectivity index (χ2v) is 11.0. The molecular formula is C27H38N4O3. The first kappa shape index (κ1) is 23.2. The van der Waals surface area contributed by atoms with Gasteiger partial charge in [0.05, 0.1) is 18.0 Å². The highest BCUT2D eigenvalue weighted by Crippen LogP contribution is 2.51. The van der Waals surface area contributed by atoms with Crippen LogP contribution in [0.5, 0.6) is 5.75 Å². The molecule has 1 spiro atoms. The number of piperidine rings is 2. The number of hydrogen-bond donors (Lipinski definition) is 1. The first-order chi connectivity index (χ1) is 16.1. The van der Waals surface area contributed by atoms with Crippen LogP contribution in [0, 0.1) is 6.92 Å². The largest absolute Gasteiger partial charge is 0.480 e. The van der Waals surface area contributed by atoms with Crippen molar-refractivity contribution in [1.82, 2.24) is 19.8 Å². The molecule has 0 radical (unpaired) electrons. The predicted molar refractivity (Wildman–Crippen MR) is 132 cm³/mol. The van der Waals surface area contributed by atoms with E-state index in [0.29, 0.717) is 31.9 Å². The zero-order chi connectivity index (χ0) is 24.3. The van der Waals surface area contributed by atoms with Crippen molar-refractivity contribution < 1.29 is 14.3 Å². The maximum atomic E-state index is 12.5. The van der Waals surface area contributed by atoms with Crippen LogP contribution in [0.15, 0.2) is 18.2 Å². The Morgan fingerprint density at radius 3 is 2.82 bits per heavy atom. The second kappa shape index (κ2) is 8.29. The van der Waals surface area contributed by atoms with Gasteiger partial charge in [0, 0.05) is 49.5 Å². The Bertz CT molecular complexity index is 1110. The quantitative estimate of drug-likeness (QED) is 0.684. The van der Waals surface area contributed by atoms with Crippen LogP contribution in [0.25, 0.3) is 11.3 Å². The summed E-state index contributed by atoms with van der Waals surface area (Å²) >= 11 is 0. The smallest absolute Gasteiger partial charge is 0.409 e. The lowest BCUT2D eigenvalue weighted by atomic mass is 9.80. The Morgan fingerprint density at radius 2 is 2.12 bits per heavy atom. The minimum Gasteiger partial charge on any atom is -0.480 e. The molecule has 0 aliphatic carbocycles. The van der Waals surface area contributed by atoms with Gasteiger partial charge in [-0.3, -0.25) is 0 Å². The standard InChI is InChI=1S/C27H38N4O3/c1-7-33-25(32)31-13-11-27(15-18(31)3)23-22(20-9-8-17(2)14-21(20)34-27)29-24(30(23)6)19-10-12-28-26(4,5)16-19/h8-9,14,18-19,28H,7,10-13,15-16H2,1-6H3/t18-,19?,27+/m0/s1. The molecule has 5 rings (SSSR count). The molecule has 0 saturated carbocycles. The van der Waals surface area contributed by atoms with E-state index >= 15 is 0 Å². The number of carbonyl (C=O) groups is 1. The summed E-state index contributed by atoms with van der Waals surface area (Å²) in [6.45, 7) is 12.6. The summed E-state index contributed by atoms with van der Waals surface area (Å²) in [5.74, 6) is 2.45. The zero-order valence-corrected chi connectivity index (χ0v) is 21.4. The number of benzene rings is 1. The molecule has 7 heteroatoms. The number of carbonyl (C=O) groups excluding carboxylic acids is 1. The van der Waals surface area contributed by atoms with Gasteiger partial charge in [-0.15, -0.1) is 0 Å². The molecule has 1 amide bonds. The molecule has 1 unspecified atom stereocenters. The number of aryl methyl sites for hydroxylation is 1. The van der Waals surface area contributed by atoms with Crippen molar-refractivity contribution in [2.24, 2.45) is 7.05 Å². The number of fused-ring (bicyclic) bond motifs is 4. The van der Waals surface area contributed by atoms with Crippen LogP contribution in [0.2, 0.25) is 0 Å². The van der Waals surface area contributed by atoms with E-state index in [2.05, 4.69) is 62.8 Å². The zero-order valence-electron chi connectivity index (χ0n) is 21.4. The molecular weight excluding hydrogens is 428 g/mol. The van der Waals surface area contributed by atoms with Gasteiger partial charge < -0.3 is 24.3 Å². The molecule has 1 aromatic heterocycles. The monoisotopic (exact) mass is 466 g/mol. The van der Waals surface area contributed by atoms with Crippen LogP contribution in [-0.4, -0.2) is 51.8 Å². The number of hydrogen-bond acceptors (Lipinski definition) is 5. The fraction of sp³-hybridized carbons (Fsp3) is 0.630. The van der Waals surface area contributed by atoms with Crippen molar-refractivity contribution in [3.63, 3.8) is 0 Å². The Kier molecular flexibility index (Phi) is 5.66. The Balaban J connectivity index is 1.59. The third-order valence-electron chi connectivity index (χ3n) is 7.89. The fourth-order valence-electron chi connectivity index (χ4n) is 6.35. The Hall–Kier alpha value is -2.54. The number of rotatable bonds is 2. The Morgan fingerprint density at radius 1 is 1.32 bits per heavy atom. The molecule has 7 nitrogen and oxygen atoms in total. The van der Waals surface area contributed by atoms with Crippen LogP contribution in [-0.2, 0) is 17.4 Å². The number of imidazole rings is 1. The molecule has 184 valence electrons. The second-order valence-electron chi connectivity index (χ2n) is 11.0. The Labute approximate surface area is 202 Å². The van der Waals surface area contributed by atoms with Gasteiger partial charge in [0.1, 0.15) is 11.6 Å². The third kappa shape index (κ3) is 3.78. The van der Waals surface area contributed by atoms with Crippen LogP contribution in [0.4, 0.5) is 4.79 Å². The van der Waals surface area contributed by atoms with Gasteiger partial charge in [-0.2, -0.15) is 0 Å². The average Bonchev–Trinajstić information content (AvgIpc) is 3.11. The van der Waals surface area contributed by atoms with Crippen LogP contribution < -0.4 is 10.1 Å². The lowest BCUT2D eigenvalue weighted by Crippen LogP contribution is -2.54. The molecule has 0 bridgehead atoms. The number of aromatic nitrogens is 2. The minimum absolute atomic E-state index is 0.00294. The molecule has 1 aromatic carbocycles. The van der Waals surface area contributed by atoms with Gasteiger partial charge in [0.25, 0.3) is 0 Å². The van der Waals surface area contributed by atoms with Gasteiger partial charge in [-0.25, -0.2) is 9.78 Å².